The smallest absolute Gasteiger partial charge is 0.231 e. The summed E-state index contributed by atoms with van der Waals surface area (Å²) in [6, 6.07) is 14.5. The maximum Gasteiger partial charge on any atom is 0.231 e. The molecule has 0 N–H and O–H groups in total. The Morgan fingerprint density at radius 2 is 1.75 bits per heavy atom. The van der Waals surface area contributed by atoms with Crippen molar-refractivity contribution in [3.8, 4) is 11.5 Å². The van der Waals surface area contributed by atoms with Gasteiger partial charge >= 0.3 is 0 Å². The molecule has 0 atom stereocenters. The first kappa shape index (κ1) is 13.5. The fourth-order valence-electron chi connectivity index (χ4n) is 2.35. The van der Waals surface area contributed by atoms with E-state index in [-0.39, 0.29) is 0 Å². The molecule has 104 valence electrons. The first-order valence-electron chi connectivity index (χ1n) is 6.52. The molecule has 2 aromatic carbocycles. The lowest BCUT2D eigenvalue weighted by atomic mass is 10.1. The van der Waals surface area contributed by atoms with Crippen LogP contribution in [0.15, 0.2) is 46.9 Å². The lowest BCUT2D eigenvalue weighted by Crippen LogP contribution is -2.17. The molecule has 20 heavy (non-hydrogen) atoms. The van der Waals surface area contributed by atoms with Gasteiger partial charge in [-0.2, -0.15) is 0 Å². The topological polar surface area (TPSA) is 21.7 Å². The predicted molar refractivity (Wildman–Crippen MR) is 81.9 cm³/mol. The molecule has 4 heteroatoms. The zero-order chi connectivity index (χ0) is 13.9. The Kier molecular flexibility index (Phi) is 3.94. The Hall–Kier alpha value is -1.52. The van der Waals surface area contributed by atoms with Crippen molar-refractivity contribution in [1.82, 2.24) is 4.90 Å². The van der Waals surface area contributed by atoms with E-state index in [0.717, 1.165) is 29.1 Å². The van der Waals surface area contributed by atoms with Crippen LogP contribution in [0.4, 0.5) is 0 Å². The van der Waals surface area contributed by atoms with E-state index in [1.165, 1.54) is 11.1 Å². The zero-order valence-electron chi connectivity index (χ0n) is 11.3. The number of hydrogen-bond donors (Lipinski definition) is 0. The summed E-state index contributed by atoms with van der Waals surface area (Å²) in [7, 11) is 2.12. The Morgan fingerprint density at radius 3 is 2.55 bits per heavy atom. The molecule has 0 saturated heterocycles. The van der Waals surface area contributed by atoms with Crippen LogP contribution in [0.3, 0.4) is 0 Å². The maximum atomic E-state index is 5.41. The second-order valence-corrected chi connectivity index (χ2v) is 5.91. The quantitative estimate of drug-likeness (QED) is 0.849. The minimum Gasteiger partial charge on any atom is -0.454 e. The predicted octanol–water partition coefficient (Wildman–Crippen LogP) is 3.81. The summed E-state index contributed by atoms with van der Waals surface area (Å²) in [5, 5.41) is 0. The fraction of sp³-hybridized carbons (Fsp3) is 0.250. The molecule has 3 nitrogen and oxygen atoms in total. The minimum absolute atomic E-state index is 0.326. The first-order valence-corrected chi connectivity index (χ1v) is 7.31. The van der Waals surface area contributed by atoms with Crippen molar-refractivity contribution in [1.29, 1.82) is 0 Å². The van der Waals surface area contributed by atoms with Crippen molar-refractivity contribution >= 4 is 15.9 Å². The van der Waals surface area contributed by atoms with Crippen LogP contribution >= 0.6 is 15.9 Å². The summed E-state index contributed by atoms with van der Waals surface area (Å²) in [6.07, 6.45) is 0. The average Bonchev–Trinajstić information content (AvgIpc) is 2.86. The van der Waals surface area contributed by atoms with Crippen molar-refractivity contribution in [3.63, 3.8) is 0 Å². The fourth-order valence-corrected chi connectivity index (χ4v) is 2.80. The monoisotopic (exact) mass is 333 g/mol. The van der Waals surface area contributed by atoms with E-state index in [2.05, 4.69) is 58.2 Å². The Balaban J connectivity index is 1.65. The van der Waals surface area contributed by atoms with Gasteiger partial charge in [0.05, 0.1) is 0 Å². The van der Waals surface area contributed by atoms with Crippen molar-refractivity contribution in [3.05, 3.63) is 58.1 Å². The van der Waals surface area contributed by atoms with Crippen LogP contribution in [-0.4, -0.2) is 18.7 Å². The number of rotatable bonds is 4. The maximum absolute atomic E-state index is 5.41. The van der Waals surface area contributed by atoms with E-state index in [1.54, 1.807) is 0 Å². The molecule has 0 fully saturated rings. The first-order chi connectivity index (χ1) is 9.70. The highest BCUT2D eigenvalue weighted by Gasteiger charge is 2.13. The van der Waals surface area contributed by atoms with Gasteiger partial charge in [0.15, 0.2) is 11.5 Å². The lowest BCUT2D eigenvalue weighted by molar-refractivity contribution is 0.174. The summed E-state index contributed by atoms with van der Waals surface area (Å²) in [4.78, 5) is 2.28. The molecule has 0 saturated carbocycles. The molecule has 2 aromatic rings. The number of nitrogens with zero attached hydrogens (tertiary/aromatic N) is 1. The van der Waals surface area contributed by atoms with Gasteiger partial charge in [-0.25, -0.2) is 0 Å². The normalized spacial score (nSPS) is 12.9. The van der Waals surface area contributed by atoms with Crippen LogP contribution in [-0.2, 0) is 13.1 Å². The van der Waals surface area contributed by atoms with E-state index in [1.807, 2.05) is 12.1 Å². The van der Waals surface area contributed by atoms with E-state index in [9.17, 15) is 0 Å². The van der Waals surface area contributed by atoms with Crippen molar-refractivity contribution in [2.75, 3.05) is 13.8 Å². The number of benzene rings is 2. The molecule has 3 rings (SSSR count). The number of halogens is 1. The van der Waals surface area contributed by atoms with Gasteiger partial charge in [0.25, 0.3) is 0 Å². The zero-order valence-corrected chi connectivity index (χ0v) is 12.9. The molecular formula is C16H16BrNO2. The third-order valence-corrected chi connectivity index (χ3v) is 3.72. The van der Waals surface area contributed by atoms with Gasteiger partial charge < -0.3 is 9.47 Å². The second kappa shape index (κ2) is 5.85. The SMILES string of the molecule is CN(Cc1cccc(Br)c1)Cc1ccc2c(c1)OCO2. The Bertz CT molecular complexity index is 615. The summed E-state index contributed by atoms with van der Waals surface area (Å²) in [6.45, 7) is 2.11. The molecule has 0 bridgehead atoms. The van der Waals surface area contributed by atoms with E-state index in [0.29, 0.717) is 6.79 Å². The van der Waals surface area contributed by atoms with Gasteiger partial charge in [-0.3, -0.25) is 4.90 Å². The number of fused-ring (bicyclic) bond motifs is 1. The summed E-state index contributed by atoms with van der Waals surface area (Å²) < 4.78 is 11.9. The molecule has 1 aliphatic heterocycles. The van der Waals surface area contributed by atoms with E-state index in [4.69, 9.17) is 9.47 Å². The molecule has 0 radical (unpaired) electrons. The third-order valence-electron chi connectivity index (χ3n) is 3.23. The van der Waals surface area contributed by atoms with Gasteiger partial charge in [0.2, 0.25) is 6.79 Å². The molecule has 1 aliphatic rings. The Morgan fingerprint density at radius 1 is 1.00 bits per heavy atom. The standard InChI is InChI=1S/C16H16BrNO2/c1-18(9-12-3-2-4-14(17)7-12)10-13-5-6-15-16(8-13)20-11-19-15/h2-8H,9-11H2,1H3. The summed E-state index contributed by atoms with van der Waals surface area (Å²) in [5.41, 5.74) is 2.52. The third kappa shape index (κ3) is 3.14. The largest absolute Gasteiger partial charge is 0.454 e. The lowest BCUT2D eigenvalue weighted by Gasteiger charge is -2.17. The van der Waals surface area contributed by atoms with Gasteiger partial charge in [-0.05, 0) is 42.4 Å². The molecular weight excluding hydrogens is 318 g/mol. The summed E-state index contributed by atoms with van der Waals surface area (Å²) in [5.74, 6) is 1.68. The van der Waals surface area contributed by atoms with Crippen LogP contribution in [0.1, 0.15) is 11.1 Å². The van der Waals surface area contributed by atoms with Crippen molar-refractivity contribution in [2.45, 2.75) is 13.1 Å². The number of hydrogen-bond acceptors (Lipinski definition) is 3. The molecule has 1 heterocycles. The highest BCUT2D eigenvalue weighted by atomic mass is 79.9. The highest BCUT2D eigenvalue weighted by Crippen LogP contribution is 2.32. The molecule has 0 spiro atoms. The highest BCUT2D eigenvalue weighted by molar-refractivity contribution is 9.10. The van der Waals surface area contributed by atoms with Gasteiger partial charge in [0.1, 0.15) is 0 Å². The number of ether oxygens (including phenoxy) is 2. The molecule has 0 aliphatic carbocycles. The van der Waals surface area contributed by atoms with Crippen LogP contribution in [0.5, 0.6) is 11.5 Å². The van der Waals surface area contributed by atoms with Crippen LogP contribution in [0.2, 0.25) is 0 Å². The molecule has 0 amide bonds. The van der Waals surface area contributed by atoms with Crippen molar-refractivity contribution < 1.29 is 9.47 Å². The van der Waals surface area contributed by atoms with E-state index < -0.39 is 0 Å². The van der Waals surface area contributed by atoms with Gasteiger partial charge in [-0.1, -0.05) is 34.1 Å². The van der Waals surface area contributed by atoms with Gasteiger partial charge in [-0.15, -0.1) is 0 Å². The van der Waals surface area contributed by atoms with Crippen LogP contribution < -0.4 is 9.47 Å². The minimum atomic E-state index is 0.326. The second-order valence-electron chi connectivity index (χ2n) is 4.99. The molecule has 0 aromatic heterocycles. The van der Waals surface area contributed by atoms with Crippen LogP contribution in [0.25, 0.3) is 0 Å². The van der Waals surface area contributed by atoms with Crippen molar-refractivity contribution in [2.24, 2.45) is 0 Å². The summed E-state index contributed by atoms with van der Waals surface area (Å²) >= 11 is 3.50. The van der Waals surface area contributed by atoms with Crippen LogP contribution in [0, 0.1) is 0 Å². The molecule has 0 unspecified atom stereocenters. The van der Waals surface area contributed by atoms with Gasteiger partial charge in [0, 0.05) is 17.6 Å². The Labute approximate surface area is 127 Å². The average molecular weight is 334 g/mol. The van der Waals surface area contributed by atoms with E-state index >= 15 is 0 Å².